The fourth-order valence-electron chi connectivity index (χ4n) is 2.87. The van der Waals surface area contributed by atoms with Crippen molar-refractivity contribution in [2.45, 2.75) is 6.92 Å². The number of rotatable bonds is 4. The molecule has 0 aliphatic carbocycles. The van der Waals surface area contributed by atoms with Crippen LogP contribution in [0.3, 0.4) is 0 Å². The third-order valence-electron chi connectivity index (χ3n) is 4.31. The molecule has 0 spiro atoms. The third-order valence-corrected chi connectivity index (χ3v) is 4.31. The molecule has 0 unspecified atom stereocenters. The molecular formula is C22H17FN4O. The second kappa shape index (κ2) is 7.44. The molecule has 0 saturated heterocycles. The van der Waals surface area contributed by atoms with Crippen molar-refractivity contribution in [2.24, 2.45) is 4.99 Å². The molecule has 28 heavy (non-hydrogen) atoms. The van der Waals surface area contributed by atoms with Crippen LogP contribution >= 0.6 is 0 Å². The van der Waals surface area contributed by atoms with E-state index in [1.807, 2.05) is 43.3 Å². The van der Waals surface area contributed by atoms with Crippen LogP contribution in [-0.2, 0) is 0 Å². The molecule has 6 heteroatoms. The van der Waals surface area contributed by atoms with Gasteiger partial charge in [0.05, 0.1) is 11.4 Å². The number of para-hydroxylation sites is 2. The number of aliphatic imine (C=N–C) groups is 1. The van der Waals surface area contributed by atoms with Gasteiger partial charge in [0, 0.05) is 12.4 Å². The summed E-state index contributed by atoms with van der Waals surface area (Å²) in [4.78, 5) is 22.1. The predicted molar refractivity (Wildman–Crippen MR) is 110 cm³/mol. The zero-order valence-electron chi connectivity index (χ0n) is 15.1. The fourth-order valence-corrected chi connectivity index (χ4v) is 2.87. The Hall–Kier alpha value is -3.80. The minimum Gasteiger partial charge on any atom is -0.337 e. The van der Waals surface area contributed by atoms with Crippen molar-refractivity contribution in [3.05, 3.63) is 100 Å². The van der Waals surface area contributed by atoms with Crippen LogP contribution in [0.4, 0.5) is 21.6 Å². The summed E-state index contributed by atoms with van der Waals surface area (Å²) < 4.78 is 15.6. The van der Waals surface area contributed by atoms with Crippen molar-refractivity contribution in [1.29, 1.82) is 0 Å². The van der Waals surface area contributed by atoms with Gasteiger partial charge in [-0.2, -0.15) is 0 Å². The van der Waals surface area contributed by atoms with E-state index < -0.39 is 5.82 Å². The summed E-state index contributed by atoms with van der Waals surface area (Å²) in [7, 11) is 0. The van der Waals surface area contributed by atoms with Gasteiger partial charge in [0.15, 0.2) is 0 Å². The molecule has 0 atom stereocenters. The lowest BCUT2D eigenvalue weighted by Crippen LogP contribution is -2.22. The molecule has 2 aromatic heterocycles. The summed E-state index contributed by atoms with van der Waals surface area (Å²) in [6, 6.07) is 19.2. The summed E-state index contributed by atoms with van der Waals surface area (Å²) in [6.07, 6.45) is 3.12. The van der Waals surface area contributed by atoms with E-state index >= 15 is 0 Å². The summed E-state index contributed by atoms with van der Waals surface area (Å²) >= 11 is 0. The first-order chi connectivity index (χ1) is 13.6. The van der Waals surface area contributed by atoms with Crippen LogP contribution in [0.5, 0.6) is 0 Å². The summed E-state index contributed by atoms with van der Waals surface area (Å²) in [5.41, 5.74) is 2.24. The van der Waals surface area contributed by atoms with Gasteiger partial charge in [-0.15, -0.1) is 0 Å². The first-order valence-corrected chi connectivity index (χ1v) is 8.76. The van der Waals surface area contributed by atoms with Gasteiger partial charge >= 0.3 is 0 Å². The van der Waals surface area contributed by atoms with Crippen LogP contribution in [0.15, 0.2) is 82.7 Å². The third kappa shape index (κ3) is 3.40. The maximum atomic E-state index is 14.1. The number of nitrogens with zero attached hydrogens (tertiary/aromatic N) is 3. The molecule has 0 aliphatic heterocycles. The van der Waals surface area contributed by atoms with E-state index in [9.17, 15) is 9.18 Å². The number of pyridine rings is 1. The van der Waals surface area contributed by atoms with Crippen molar-refractivity contribution >= 4 is 29.1 Å². The summed E-state index contributed by atoms with van der Waals surface area (Å²) in [5.74, 6) is -0.177. The Balaban J connectivity index is 1.90. The Morgan fingerprint density at radius 2 is 1.79 bits per heavy atom. The number of fused-ring (bicyclic) bond motifs is 1. The Morgan fingerprint density at radius 1 is 1.04 bits per heavy atom. The van der Waals surface area contributed by atoms with E-state index in [0.29, 0.717) is 11.3 Å². The predicted octanol–water partition coefficient (Wildman–Crippen LogP) is 4.64. The normalized spacial score (nSPS) is 11.2. The Labute approximate surface area is 160 Å². The highest BCUT2D eigenvalue weighted by Crippen LogP contribution is 2.21. The lowest BCUT2D eigenvalue weighted by Gasteiger charge is -2.12. The number of aryl methyl sites for hydroxylation is 1. The van der Waals surface area contributed by atoms with Crippen LogP contribution in [0, 0.1) is 12.7 Å². The van der Waals surface area contributed by atoms with Crippen molar-refractivity contribution in [2.75, 3.05) is 5.32 Å². The molecule has 5 nitrogen and oxygen atoms in total. The number of hydrogen-bond acceptors (Lipinski definition) is 4. The number of hydrogen-bond donors (Lipinski definition) is 1. The van der Waals surface area contributed by atoms with E-state index in [4.69, 9.17) is 0 Å². The van der Waals surface area contributed by atoms with Crippen LogP contribution in [0.2, 0.25) is 0 Å². The highest BCUT2D eigenvalue weighted by molar-refractivity contribution is 5.89. The SMILES string of the molecule is Cc1cccn2c(=O)c(C=Nc3ccccc3)c(Nc3ccccc3F)nc12. The monoisotopic (exact) mass is 372 g/mol. The molecule has 0 radical (unpaired) electrons. The number of nitrogens with one attached hydrogen (secondary N) is 1. The molecular weight excluding hydrogens is 355 g/mol. The van der Waals surface area contributed by atoms with E-state index in [1.165, 1.54) is 16.7 Å². The maximum Gasteiger partial charge on any atom is 0.268 e. The maximum absolute atomic E-state index is 14.1. The number of aromatic nitrogens is 2. The largest absolute Gasteiger partial charge is 0.337 e. The molecule has 0 amide bonds. The van der Waals surface area contributed by atoms with Gasteiger partial charge < -0.3 is 5.32 Å². The Kier molecular flexibility index (Phi) is 4.68. The molecule has 4 aromatic rings. The van der Waals surface area contributed by atoms with Gasteiger partial charge in [0.1, 0.15) is 22.8 Å². The van der Waals surface area contributed by atoms with E-state index in [0.717, 1.165) is 5.56 Å². The first kappa shape index (κ1) is 17.6. The highest BCUT2D eigenvalue weighted by atomic mass is 19.1. The molecule has 0 bridgehead atoms. The van der Waals surface area contributed by atoms with E-state index in [-0.39, 0.29) is 22.6 Å². The second-order valence-electron chi connectivity index (χ2n) is 6.26. The quantitative estimate of drug-likeness (QED) is 0.531. The molecule has 138 valence electrons. The van der Waals surface area contributed by atoms with E-state index in [1.54, 1.807) is 30.5 Å². The van der Waals surface area contributed by atoms with Crippen LogP contribution in [0.25, 0.3) is 5.65 Å². The number of anilines is 2. The average molecular weight is 372 g/mol. The van der Waals surface area contributed by atoms with Crippen LogP contribution < -0.4 is 10.9 Å². The van der Waals surface area contributed by atoms with Gasteiger partial charge in [0.25, 0.3) is 5.56 Å². The lowest BCUT2D eigenvalue weighted by molar-refractivity contribution is 0.632. The smallest absolute Gasteiger partial charge is 0.268 e. The van der Waals surface area contributed by atoms with Crippen LogP contribution in [-0.4, -0.2) is 15.6 Å². The van der Waals surface area contributed by atoms with Crippen molar-refractivity contribution in [3.8, 4) is 0 Å². The zero-order chi connectivity index (χ0) is 19.5. The summed E-state index contributed by atoms with van der Waals surface area (Å²) in [5, 5.41) is 2.95. The van der Waals surface area contributed by atoms with Gasteiger partial charge in [-0.05, 0) is 42.8 Å². The molecule has 2 aromatic carbocycles. The second-order valence-corrected chi connectivity index (χ2v) is 6.26. The van der Waals surface area contributed by atoms with E-state index in [2.05, 4.69) is 15.3 Å². The average Bonchev–Trinajstić information content (AvgIpc) is 2.71. The molecule has 4 rings (SSSR count). The van der Waals surface area contributed by atoms with Crippen molar-refractivity contribution in [1.82, 2.24) is 9.38 Å². The zero-order valence-corrected chi connectivity index (χ0v) is 15.1. The fraction of sp³-hybridized carbons (Fsp3) is 0.0455. The molecule has 2 heterocycles. The first-order valence-electron chi connectivity index (χ1n) is 8.76. The summed E-state index contributed by atoms with van der Waals surface area (Å²) in [6.45, 7) is 1.87. The van der Waals surface area contributed by atoms with Crippen molar-refractivity contribution < 1.29 is 4.39 Å². The van der Waals surface area contributed by atoms with Gasteiger partial charge in [-0.1, -0.05) is 36.4 Å². The Morgan fingerprint density at radius 3 is 2.57 bits per heavy atom. The number of benzene rings is 2. The lowest BCUT2D eigenvalue weighted by atomic mass is 10.2. The highest BCUT2D eigenvalue weighted by Gasteiger charge is 2.14. The topological polar surface area (TPSA) is 58.8 Å². The van der Waals surface area contributed by atoms with Gasteiger partial charge in [-0.3, -0.25) is 14.2 Å². The minimum absolute atomic E-state index is 0.238. The standard InChI is InChI=1S/C22H17FN4O/c1-15-8-7-13-27-21(15)26-20(25-19-12-6-5-11-18(19)23)17(22(27)28)14-24-16-9-3-2-4-10-16/h2-14,25H,1H3. The number of halogens is 1. The molecule has 1 N–H and O–H groups in total. The Bertz CT molecular complexity index is 1230. The van der Waals surface area contributed by atoms with Crippen LogP contribution in [0.1, 0.15) is 11.1 Å². The molecule has 0 aliphatic rings. The van der Waals surface area contributed by atoms with Gasteiger partial charge in [-0.25, -0.2) is 9.37 Å². The van der Waals surface area contributed by atoms with Crippen molar-refractivity contribution in [3.63, 3.8) is 0 Å². The minimum atomic E-state index is -0.430. The molecule has 0 saturated carbocycles. The molecule has 0 fully saturated rings. The van der Waals surface area contributed by atoms with Gasteiger partial charge in [0.2, 0.25) is 0 Å².